The van der Waals surface area contributed by atoms with Crippen molar-refractivity contribution in [2.75, 3.05) is 11.9 Å². The first kappa shape index (κ1) is 18.5. The minimum absolute atomic E-state index is 0.0349. The molecule has 0 bridgehead atoms. The van der Waals surface area contributed by atoms with Crippen molar-refractivity contribution < 1.29 is 9.59 Å². The Labute approximate surface area is 172 Å². The second kappa shape index (κ2) is 8.00. The Hall–Kier alpha value is -2.89. The van der Waals surface area contributed by atoms with Gasteiger partial charge in [-0.2, -0.15) is 0 Å². The molecule has 1 atom stereocenters. The van der Waals surface area contributed by atoms with Crippen LogP contribution in [-0.2, 0) is 9.59 Å². The molecule has 1 unspecified atom stereocenters. The molecule has 6 heteroatoms. The van der Waals surface area contributed by atoms with Crippen molar-refractivity contribution in [3.63, 3.8) is 0 Å². The fraction of sp³-hybridized carbons (Fsp3) is 0.0909. The summed E-state index contributed by atoms with van der Waals surface area (Å²) in [4.78, 5) is 28.1. The van der Waals surface area contributed by atoms with Gasteiger partial charge in [-0.1, -0.05) is 48.0 Å². The summed E-state index contributed by atoms with van der Waals surface area (Å²) in [7, 11) is 0. The average Bonchev–Trinajstić information content (AvgIpc) is 3.18. The number of hydrogen-bond acceptors (Lipinski definition) is 3. The van der Waals surface area contributed by atoms with Gasteiger partial charge in [0.05, 0.1) is 6.04 Å². The van der Waals surface area contributed by atoms with Crippen LogP contribution in [0.25, 0.3) is 6.08 Å². The van der Waals surface area contributed by atoms with Gasteiger partial charge in [-0.25, -0.2) is 0 Å². The summed E-state index contributed by atoms with van der Waals surface area (Å²) in [6.45, 7) is -0.0349. The zero-order valence-electron chi connectivity index (χ0n) is 14.8. The summed E-state index contributed by atoms with van der Waals surface area (Å²) < 4.78 is 0. The minimum Gasteiger partial charge on any atom is -0.324 e. The van der Waals surface area contributed by atoms with Crippen LogP contribution in [0.2, 0.25) is 5.02 Å². The molecule has 4 rings (SSSR count). The molecular weight excluding hydrogens is 392 g/mol. The molecule has 28 heavy (non-hydrogen) atoms. The van der Waals surface area contributed by atoms with E-state index in [2.05, 4.69) is 5.32 Å². The molecule has 0 fully saturated rings. The van der Waals surface area contributed by atoms with Crippen LogP contribution in [-0.4, -0.2) is 23.3 Å². The molecule has 0 radical (unpaired) electrons. The van der Waals surface area contributed by atoms with Crippen molar-refractivity contribution in [3.8, 4) is 0 Å². The summed E-state index contributed by atoms with van der Waals surface area (Å²) in [5.41, 5.74) is 2.41. The lowest BCUT2D eigenvalue weighted by atomic mass is 10.0. The Morgan fingerprint density at radius 3 is 2.71 bits per heavy atom. The number of benzene rings is 2. The smallest absolute Gasteiger partial charge is 0.247 e. The second-order valence-corrected chi connectivity index (χ2v) is 7.82. The number of amides is 2. The van der Waals surface area contributed by atoms with Gasteiger partial charge in [-0.3, -0.25) is 9.59 Å². The van der Waals surface area contributed by atoms with E-state index in [9.17, 15) is 9.59 Å². The Balaban J connectivity index is 1.76. The van der Waals surface area contributed by atoms with E-state index in [-0.39, 0.29) is 24.4 Å². The van der Waals surface area contributed by atoms with Crippen molar-refractivity contribution in [1.29, 1.82) is 0 Å². The first-order valence-corrected chi connectivity index (χ1v) is 10.0. The van der Waals surface area contributed by atoms with Crippen LogP contribution in [0.5, 0.6) is 0 Å². The second-order valence-electron chi connectivity index (χ2n) is 6.41. The lowest BCUT2D eigenvalue weighted by Gasteiger charge is -2.28. The Morgan fingerprint density at radius 1 is 1.14 bits per heavy atom. The van der Waals surface area contributed by atoms with Gasteiger partial charge < -0.3 is 10.2 Å². The van der Waals surface area contributed by atoms with Gasteiger partial charge in [0.1, 0.15) is 6.54 Å². The number of fused-ring (bicyclic) bond motifs is 1. The summed E-state index contributed by atoms with van der Waals surface area (Å²) in [6.07, 6.45) is 3.27. The van der Waals surface area contributed by atoms with E-state index in [4.69, 9.17) is 11.6 Å². The van der Waals surface area contributed by atoms with Crippen molar-refractivity contribution in [2.45, 2.75) is 6.04 Å². The standard InChI is InChI=1S/C22H17ClN2O2S/c23-16-9-10-18-17(13-16)22(19-7-4-12-28-19)25(14-20(26)24-18)21(27)11-8-15-5-2-1-3-6-15/h1-13,22H,14H2,(H,24,26)/b11-8+. The molecule has 2 heterocycles. The maximum atomic E-state index is 13.1. The molecule has 1 aliphatic rings. The van der Waals surface area contributed by atoms with Crippen molar-refractivity contribution in [3.05, 3.63) is 93.1 Å². The Bertz CT molecular complexity index is 1030. The predicted molar refractivity (Wildman–Crippen MR) is 113 cm³/mol. The fourth-order valence-electron chi connectivity index (χ4n) is 3.26. The van der Waals surface area contributed by atoms with E-state index in [1.165, 1.54) is 6.08 Å². The van der Waals surface area contributed by atoms with Gasteiger partial charge in [0.25, 0.3) is 0 Å². The molecule has 1 aromatic heterocycles. The third-order valence-electron chi connectivity index (χ3n) is 4.52. The number of halogens is 1. The highest BCUT2D eigenvalue weighted by atomic mass is 35.5. The van der Waals surface area contributed by atoms with E-state index in [1.54, 1.807) is 34.4 Å². The van der Waals surface area contributed by atoms with E-state index in [1.807, 2.05) is 53.9 Å². The van der Waals surface area contributed by atoms with Crippen LogP contribution in [0.15, 0.2) is 72.1 Å². The highest BCUT2D eigenvalue weighted by Crippen LogP contribution is 2.39. The van der Waals surface area contributed by atoms with Gasteiger partial charge in [-0.05, 0) is 41.3 Å². The summed E-state index contributed by atoms with van der Waals surface area (Å²) in [6, 6.07) is 18.4. The number of thiophene rings is 1. The molecular formula is C22H17ClN2O2S. The number of hydrogen-bond donors (Lipinski definition) is 1. The van der Waals surface area contributed by atoms with Crippen LogP contribution < -0.4 is 5.32 Å². The summed E-state index contributed by atoms with van der Waals surface area (Å²) in [5, 5.41) is 5.41. The van der Waals surface area contributed by atoms with Crippen molar-refractivity contribution in [2.24, 2.45) is 0 Å². The molecule has 4 nitrogen and oxygen atoms in total. The van der Waals surface area contributed by atoms with E-state index >= 15 is 0 Å². The molecule has 0 saturated heterocycles. The van der Waals surface area contributed by atoms with Crippen LogP contribution in [0, 0.1) is 0 Å². The molecule has 0 spiro atoms. The van der Waals surface area contributed by atoms with Gasteiger partial charge in [-0.15, -0.1) is 11.3 Å². The van der Waals surface area contributed by atoms with Crippen LogP contribution in [0.4, 0.5) is 5.69 Å². The van der Waals surface area contributed by atoms with Gasteiger partial charge in [0, 0.05) is 27.2 Å². The van der Waals surface area contributed by atoms with E-state index < -0.39 is 0 Å². The number of nitrogens with one attached hydrogen (secondary N) is 1. The fourth-order valence-corrected chi connectivity index (χ4v) is 4.30. The lowest BCUT2D eigenvalue weighted by Crippen LogP contribution is -2.37. The monoisotopic (exact) mass is 408 g/mol. The predicted octanol–water partition coefficient (Wildman–Crippen LogP) is 4.99. The SMILES string of the molecule is O=C1CN(C(=O)/C=C/c2ccccc2)C(c2cccs2)c2cc(Cl)ccc2N1. The molecule has 0 aliphatic carbocycles. The topological polar surface area (TPSA) is 49.4 Å². The van der Waals surface area contributed by atoms with Crippen LogP contribution >= 0.6 is 22.9 Å². The Morgan fingerprint density at radius 2 is 1.96 bits per heavy atom. The number of carbonyl (C=O) groups excluding carboxylic acids is 2. The highest BCUT2D eigenvalue weighted by Gasteiger charge is 2.33. The maximum Gasteiger partial charge on any atom is 0.247 e. The van der Waals surface area contributed by atoms with E-state index in [0.717, 1.165) is 16.0 Å². The largest absolute Gasteiger partial charge is 0.324 e. The molecule has 1 N–H and O–H groups in total. The third-order valence-corrected chi connectivity index (χ3v) is 5.68. The summed E-state index contributed by atoms with van der Waals surface area (Å²) in [5.74, 6) is -0.464. The third kappa shape index (κ3) is 3.86. The first-order valence-electron chi connectivity index (χ1n) is 8.78. The van der Waals surface area contributed by atoms with Gasteiger partial charge in [0.2, 0.25) is 11.8 Å². The minimum atomic E-state index is -0.388. The number of carbonyl (C=O) groups is 2. The van der Waals surface area contributed by atoms with Crippen molar-refractivity contribution in [1.82, 2.24) is 4.90 Å². The highest BCUT2D eigenvalue weighted by molar-refractivity contribution is 7.10. The van der Waals surface area contributed by atoms with Crippen LogP contribution in [0.3, 0.4) is 0 Å². The van der Waals surface area contributed by atoms with Gasteiger partial charge >= 0.3 is 0 Å². The Kier molecular flexibility index (Phi) is 5.28. The maximum absolute atomic E-state index is 13.1. The molecule has 3 aromatic rings. The van der Waals surface area contributed by atoms with E-state index in [0.29, 0.717) is 10.7 Å². The molecule has 140 valence electrons. The van der Waals surface area contributed by atoms with Crippen molar-refractivity contribution >= 4 is 46.5 Å². The normalized spacial score (nSPS) is 16.5. The van der Waals surface area contributed by atoms with Crippen LogP contribution in [0.1, 0.15) is 22.0 Å². The molecule has 0 saturated carbocycles. The zero-order valence-corrected chi connectivity index (χ0v) is 16.4. The zero-order chi connectivity index (χ0) is 19.5. The number of nitrogens with zero attached hydrogens (tertiary/aromatic N) is 1. The van der Waals surface area contributed by atoms with Gasteiger partial charge in [0.15, 0.2) is 0 Å². The quantitative estimate of drug-likeness (QED) is 0.621. The first-order chi connectivity index (χ1) is 13.6. The molecule has 1 aliphatic heterocycles. The molecule has 2 amide bonds. The summed E-state index contributed by atoms with van der Waals surface area (Å²) >= 11 is 7.78. The average molecular weight is 409 g/mol. The lowest BCUT2D eigenvalue weighted by molar-refractivity contribution is -0.131. The molecule has 2 aromatic carbocycles. The number of rotatable bonds is 3. The number of anilines is 1.